The van der Waals surface area contributed by atoms with E-state index in [9.17, 15) is 4.79 Å². The minimum atomic E-state index is -0.262. The van der Waals surface area contributed by atoms with Crippen LogP contribution >= 0.6 is 34.8 Å². The Bertz CT molecular complexity index is 1690. The van der Waals surface area contributed by atoms with Gasteiger partial charge in [0.15, 0.2) is 5.58 Å². The van der Waals surface area contributed by atoms with Crippen molar-refractivity contribution in [2.24, 2.45) is 0 Å². The summed E-state index contributed by atoms with van der Waals surface area (Å²) in [5.41, 5.74) is 3.97. The number of rotatable bonds is 7. The summed E-state index contributed by atoms with van der Waals surface area (Å²) in [6.07, 6.45) is 5.86. The SMILES string of the molecule is O=c1[nH]oc2ccc(/C=C/c3ccc(OCc4c(-c5c(Cl)cccc5Cl)noc4C4CC4)cc3Cl)cc12. The lowest BCUT2D eigenvalue weighted by Gasteiger charge is -2.10. The number of hydrogen-bond donors (Lipinski definition) is 1. The number of halogens is 3. The molecule has 5 aromatic rings. The maximum absolute atomic E-state index is 11.8. The third-order valence-corrected chi connectivity index (χ3v) is 7.24. The van der Waals surface area contributed by atoms with Crippen molar-refractivity contribution in [3.8, 4) is 17.0 Å². The minimum absolute atomic E-state index is 0.233. The average molecular weight is 554 g/mol. The van der Waals surface area contributed by atoms with Crippen LogP contribution < -0.4 is 10.3 Å². The zero-order valence-electron chi connectivity index (χ0n) is 19.3. The molecule has 0 atom stereocenters. The van der Waals surface area contributed by atoms with Crippen molar-refractivity contribution in [3.05, 3.63) is 102 Å². The first kappa shape index (κ1) is 23.9. The molecule has 3 aromatic carbocycles. The van der Waals surface area contributed by atoms with Crippen LogP contribution in [0.1, 0.15) is 41.2 Å². The zero-order valence-corrected chi connectivity index (χ0v) is 21.5. The Kier molecular flexibility index (Phi) is 6.32. The topological polar surface area (TPSA) is 81.3 Å². The predicted molar refractivity (Wildman–Crippen MR) is 145 cm³/mol. The standard InChI is InChI=1S/C28H19Cl3N2O4/c29-21-2-1-3-22(30)25(21)26-20(27(37-32-26)17-7-8-17)14-35-18-10-9-16(23(31)13-18)6-4-15-5-11-24-19(12-15)28(34)33-36-24/h1-6,9-13,17H,7-8,14H2,(H,33,34)/b6-4+. The summed E-state index contributed by atoms with van der Waals surface area (Å²) in [6, 6.07) is 16.2. The van der Waals surface area contributed by atoms with Crippen LogP contribution in [0.2, 0.25) is 15.1 Å². The van der Waals surface area contributed by atoms with Crippen molar-refractivity contribution < 1.29 is 13.8 Å². The van der Waals surface area contributed by atoms with Crippen molar-refractivity contribution in [1.82, 2.24) is 10.3 Å². The normalized spacial score (nSPS) is 13.6. The van der Waals surface area contributed by atoms with Crippen LogP contribution in [0.3, 0.4) is 0 Å². The molecule has 1 fully saturated rings. The molecule has 0 spiro atoms. The van der Waals surface area contributed by atoms with Crippen molar-refractivity contribution in [2.45, 2.75) is 25.4 Å². The number of fused-ring (bicyclic) bond motifs is 1. The molecule has 37 heavy (non-hydrogen) atoms. The lowest BCUT2D eigenvalue weighted by molar-refractivity contribution is 0.300. The van der Waals surface area contributed by atoms with E-state index in [1.54, 1.807) is 36.4 Å². The summed E-state index contributed by atoms with van der Waals surface area (Å²) in [4.78, 5) is 11.8. The molecule has 0 radical (unpaired) electrons. The Balaban J connectivity index is 1.23. The van der Waals surface area contributed by atoms with Crippen molar-refractivity contribution in [1.29, 1.82) is 0 Å². The van der Waals surface area contributed by atoms with Gasteiger partial charge in [0.1, 0.15) is 23.8 Å². The van der Waals surface area contributed by atoms with Crippen molar-refractivity contribution in [2.75, 3.05) is 0 Å². The van der Waals surface area contributed by atoms with Crippen LogP contribution in [0.5, 0.6) is 5.75 Å². The number of aromatic amines is 1. The molecule has 0 amide bonds. The number of benzene rings is 3. The maximum Gasteiger partial charge on any atom is 0.287 e. The minimum Gasteiger partial charge on any atom is -0.489 e. The van der Waals surface area contributed by atoms with Crippen LogP contribution in [0, 0.1) is 0 Å². The molecule has 1 aliphatic carbocycles. The largest absolute Gasteiger partial charge is 0.489 e. The van der Waals surface area contributed by atoms with E-state index >= 15 is 0 Å². The fourth-order valence-corrected chi connectivity index (χ4v) is 5.01. The Morgan fingerprint density at radius 1 is 1.00 bits per heavy atom. The molecule has 186 valence electrons. The highest BCUT2D eigenvalue weighted by Gasteiger charge is 2.33. The van der Waals surface area contributed by atoms with Gasteiger partial charge in [0.25, 0.3) is 5.56 Å². The average Bonchev–Trinajstić information content (AvgIpc) is 3.55. The molecule has 6 nitrogen and oxygen atoms in total. The van der Waals surface area contributed by atoms with E-state index in [-0.39, 0.29) is 12.2 Å². The van der Waals surface area contributed by atoms with Crippen molar-refractivity contribution >= 4 is 57.9 Å². The molecule has 9 heteroatoms. The van der Waals surface area contributed by atoms with Gasteiger partial charge in [-0.05, 0) is 66.4 Å². The Morgan fingerprint density at radius 2 is 1.81 bits per heavy atom. The third kappa shape index (κ3) is 4.80. The van der Waals surface area contributed by atoms with E-state index in [1.165, 1.54) is 0 Å². The van der Waals surface area contributed by atoms with Gasteiger partial charge in [-0.15, -0.1) is 0 Å². The van der Waals surface area contributed by atoms with E-state index in [4.69, 9.17) is 48.6 Å². The van der Waals surface area contributed by atoms with Crippen molar-refractivity contribution in [3.63, 3.8) is 0 Å². The molecule has 1 aliphatic rings. The number of nitrogens with one attached hydrogen (secondary N) is 1. The highest BCUT2D eigenvalue weighted by atomic mass is 35.5. The van der Waals surface area contributed by atoms with Crippen LogP contribution in [-0.2, 0) is 6.61 Å². The summed E-state index contributed by atoms with van der Waals surface area (Å²) < 4.78 is 16.9. The van der Waals surface area contributed by atoms with Crippen LogP contribution in [-0.4, -0.2) is 10.3 Å². The lowest BCUT2D eigenvalue weighted by Crippen LogP contribution is -2.00. The fraction of sp³-hybridized carbons (Fsp3) is 0.143. The van der Waals surface area contributed by atoms with Gasteiger partial charge >= 0.3 is 0 Å². The van der Waals surface area contributed by atoms with Gasteiger partial charge in [-0.2, -0.15) is 5.16 Å². The summed E-state index contributed by atoms with van der Waals surface area (Å²) >= 11 is 19.4. The maximum atomic E-state index is 11.8. The molecule has 2 heterocycles. The molecule has 1 saturated carbocycles. The van der Waals surface area contributed by atoms with E-state index in [2.05, 4.69) is 10.3 Å². The lowest BCUT2D eigenvalue weighted by atomic mass is 10.0. The highest BCUT2D eigenvalue weighted by molar-refractivity contribution is 6.39. The van der Waals surface area contributed by atoms with Gasteiger partial charge in [0.05, 0.1) is 26.0 Å². The Labute approximate surface area is 226 Å². The molecule has 1 N–H and O–H groups in total. The first-order valence-electron chi connectivity index (χ1n) is 11.6. The van der Waals surface area contributed by atoms with E-state index in [0.29, 0.717) is 49.0 Å². The number of hydrogen-bond acceptors (Lipinski definition) is 5. The zero-order chi connectivity index (χ0) is 25.5. The van der Waals surface area contributed by atoms with Crippen LogP contribution in [0.4, 0.5) is 0 Å². The Hall–Kier alpha value is -3.45. The molecule has 0 aliphatic heterocycles. The molecule has 0 unspecified atom stereocenters. The van der Waals surface area contributed by atoms with E-state index in [0.717, 1.165) is 35.3 Å². The molecule has 0 saturated heterocycles. The molecule has 2 aromatic heterocycles. The van der Waals surface area contributed by atoms with E-state index < -0.39 is 0 Å². The molecule has 0 bridgehead atoms. The van der Waals surface area contributed by atoms with Gasteiger partial charge in [-0.1, -0.05) is 64.2 Å². The second-order valence-corrected chi connectivity index (χ2v) is 10.1. The van der Waals surface area contributed by atoms with E-state index in [1.807, 2.05) is 30.4 Å². The number of ether oxygens (including phenoxy) is 1. The summed E-state index contributed by atoms with van der Waals surface area (Å²) in [6.45, 7) is 0.233. The monoisotopic (exact) mass is 552 g/mol. The van der Waals surface area contributed by atoms with Gasteiger partial charge in [-0.3, -0.25) is 4.79 Å². The quantitative estimate of drug-likeness (QED) is 0.205. The van der Waals surface area contributed by atoms with Crippen LogP contribution in [0.25, 0.3) is 34.4 Å². The summed E-state index contributed by atoms with van der Waals surface area (Å²) in [5.74, 6) is 1.74. The summed E-state index contributed by atoms with van der Waals surface area (Å²) in [7, 11) is 0. The molecular formula is C28H19Cl3N2O4. The molecule has 6 rings (SSSR count). The molecular weight excluding hydrogens is 535 g/mol. The number of aromatic nitrogens is 2. The third-order valence-electron chi connectivity index (χ3n) is 6.28. The fourth-order valence-electron chi connectivity index (χ4n) is 4.20. The Morgan fingerprint density at radius 3 is 2.57 bits per heavy atom. The van der Waals surface area contributed by atoms with Gasteiger partial charge in [0, 0.05) is 11.5 Å². The predicted octanol–water partition coefficient (Wildman–Crippen LogP) is 8.36. The highest BCUT2D eigenvalue weighted by Crippen LogP contribution is 2.46. The van der Waals surface area contributed by atoms with Gasteiger partial charge in [-0.25, -0.2) is 0 Å². The second kappa shape index (κ2) is 9.78. The number of H-pyrrole nitrogens is 1. The van der Waals surface area contributed by atoms with Crippen LogP contribution in [0.15, 0.2) is 68.4 Å². The smallest absolute Gasteiger partial charge is 0.287 e. The summed E-state index contributed by atoms with van der Waals surface area (Å²) in [5, 5.41) is 8.65. The first-order chi connectivity index (χ1) is 18.0. The first-order valence-corrected chi connectivity index (χ1v) is 12.8. The van der Waals surface area contributed by atoms with Gasteiger partial charge in [0.2, 0.25) is 0 Å². The van der Waals surface area contributed by atoms with Gasteiger partial charge < -0.3 is 13.8 Å². The second-order valence-electron chi connectivity index (χ2n) is 8.84. The number of nitrogens with zero attached hydrogens (tertiary/aromatic N) is 1.